The summed E-state index contributed by atoms with van der Waals surface area (Å²) < 4.78 is 0. The SMILES string of the molecule is CCCc1ccc(C(=O)O)c(O)c1. The first-order valence-corrected chi connectivity index (χ1v) is 4.20. The van der Waals surface area contributed by atoms with Gasteiger partial charge in [-0.3, -0.25) is 0 Å². The van der Waals surface area contributed by atoms with E-state index in [0.29, 0.717) is 0 Å². The summed E-state index contributed by atoms with van der Waals surface area (Å²) in [5, 5.41) is 17.9. The highest BCUT2D eigenvalue weighted by Gasteiger charge is 2.08. The van der Waals surface area contributed by atoms with Crippen LogP contribution in [0.2, 0.25) is 0 Å². The molecule has 0 heterocycles. The van der Waals surface area contributed by atoms with Gasteiger partial charge in [-0.15, -0.1) is 0 Å². The van der Waals surface area contributed by atoms with Gasteiger partial charge in [0.2, 0.25) is 0 Å². The summed E-state index contributed by atoms with van der Waals surface area (Å²) in [6.07, 6.45) is 1.83. The first-order chi connectivity index (χ1) is 6.15. The van der Waals surface area contributed by atoms with Gasteiger partial charge < -0.3 is 10.2 Å². The second kappa shape index (κ2) is 3.94. The van der Waals surface area contributed by atoms with Crippen LogP contribution in [0.1, 0.15) is 29.3 Å². The second-order valence-corrected chi connectivity index (χ2v) is 2.91. The number of aromatic carboxylic acids is 1. The van der Waals surface area contributed by atoms with Crippen LogP contribution in [0.5, 0.6) is 5.75 Å². The number of phenols is 1. The number of hydrogen-bond donors (Lipinski definition) is 2. The monoisotopic (exact) mass is 180 g/mol. The summed E-state index contributed by atoms with van der Waals surface area (Å²) in [4.78, 5) is 10.5. The van der Waals surface area contributed by atoms with Crippen molar-refractivity contribution < 1.29 is 15.0 Å². The van der Waals surface area contributed by atoms with Gasteiger partial charge >= 0.3 is 5.97 Å². The van der Waals surface area contributed by atoms with Crippen molar-refractivity contribution in [3.63, 3.8) is 0 Å². The van der Waals surface area contributed by atoms with Crippen LogP contribution in [0.3, 0.4) is 0 Å². The Morgan fingerprint density at radius 2 is 2.15 bits per heavy atom. The zero-order valence-corrected chi connectivity index (χ0v) is 7.45. The molecule has 0 saturated heterocycles. The van der Waals surface area contributed by atoms with Crippen molar-refractivity contribution in [1.82, 2.24) is 0 Å². The normalized spacial score (nSPS) is 9.92. The maximum absolute atomic E-state index is 10.5. The van der Waals surface area contributed by atoms with Gasteiger partial charge in [0.05, 0.1) is 0 Å². The predicted molar refractivity (Wildman–Crippen MR) is 49.1 cm³/mol. The largest absolute Gasteiger partial charge is 0.507 e. The predicted octanol–water partition coefficient (Wildman–Crippen LogP) is 2.04. The lowest BCUT2D eigenvalue weighted by molar-refractivity contribution is 0.0693. The van der Waals surface area contributed by atoms with Crippen LogP contribution < -0.4 is 0 Å². The van der Waals surface area contributed by atoms with Gasteiger partial charge in [-0.2, -0.15) is 0 Å². The molecule has 0 fully saturated rings. The fraction of sp³-hybridized carbons (Fsp3) is 0.300. The summed E-state index contributed by atoms with van der Waals surface area (Å²) >= 11 is 0. The molecule has 0 saturated carbocycles. The minimum atomic E-state index is -1.10. The number of carbonyl (C=O) groups is 1. The van der Waals surface area contributed by atoms with E-state index in [2.05, 4.69) is 0 Å². The third-order valence-corrected chi connectivity index (χ3v) is 1.83. The molecule has 0 unspecified atom stereocenters. The molecule has 0 aromatic heterocycles. The second-order valence-electron chi connectivity index (χ2n) is 2.91. The Morgan fingerprint density at radius 3 is 2.62 bits per heavy atom. The van der Waals surface area contributed by atoms with Crippen molar-refractivity contribution >= 4 is 5.97 Å². The molecule has 0 spiro atoms. The highest BCUT2D eigenvalue weighted by Crippen LogP contribution is 2.19. The van der Waals surface area contributed by atoms with Gasteiger partial charge in [-0.1, -0.05) is 19.4 Å². The molecule has 0 aliphatic heterocycles. The van der Waals surface area contributed by atoms with E-state index < -0.39 is 5.97 Å². The Labute approximate surface area is 76.6 Å². The smallest absolute Gasteiger partial charge is 0.339 e. The summed E-state index contributed by atoms with van der Waals surface area (Å²) in [5.41, 5.74) is 0.921. The third kappa shape index (κ3) is 2.21. The summed E-state index contributed by atoms with van der Waals surface area (Å²) in [5.74, 6) is -1.25. The molecule has 0 aliphatic carbocycles. The zero-order chi connectivity index (χ0) is 9.84. The van der Waals surface area contributed by atoms with Crippen molar-refractivity contribution in [3.8, 4) is 5.75 Å². The lowest BCUT2D eigenvalue weighted by Crippen LogP contribution is -1.97. The lowest BCUT2D eigenvalue weighted by Gasteiger charge is -2.02. The molecule has 0 aliphatic rings. The molecule has 13 heavy (non-hydrogen) atoms. The Hall–Kier alpha value is -1.51. The van der Waals surface area contributed by atoms with E-state index in [9.17, 15) is 9.90 Å². The van der Waals surface area contributed by atoms with E-state index in [4.69, 9.17) is 5.11 Å². The Morgan fingerprint density at radius 1 is 1.46 bits per heavy atom. The van der Waals surface area contributed by atoms with Crippen LogP contribution in [0.4, 0.5) is 0 Å². The van der Waals surface area contributed by atoms with Crippen molar-refractivity contribution in [3.05, 3.63) is 29.3 Å². The van der Waals surface area contributed by atoms with Crippen LogP contribution in [0, 0.1) is 0 Å². The summed E-state index contributed by atoms with van der Waals surface area (Å²) in [6, 6.07) is 4.67. The molecule has 0 atom stereocenters. The first-order valence-electron chi connectivity index (χ1n) is 4.20. The van der Waals surface area contributed by atoms with E-state index in [-0.39, 0.29) is 11.3 Å². The topological polar surface area (TPSA) is 57.5 Å². The van der Waals surface area contributed by atoms with Gasteiger partial charge in [0.25, 0.3) is 0 Å². The fourth-order valence-electron chi connectivity index (χ4n) is 1.20. The fourth-order valence-corrected chi connectivity index (χ4v) is 1.20. The summed E-state index contributed by atoms with van der Waals surface area (Å²) in [7, 11) is 0. The molecule has 2 N–H and O–H groups in total. The highest BCUT2D eigenvalue weighted by molar-refractivity contribution is 5.90. The standard InChI is InChI=1S/C10H12O3/c1-2-3-7-4-5-8(10(12)13)9(11)6-7/h4-6,11H,2-3H2,1H3,(H,12,13). The molecule has 70 valence electrons. The van der Waals surface area contributed by atoms with Crippen molar-refractivity contribution in [2.75, 3.05) is 0 Å². The number of benzene rings is 1. The molecule has 0 radical (unpaired) electrons. The number of rotatable bonds is 3. The lowest BCUT2D eigenvalue weighted by atomic mass is 10.1. The number of aryl methyl sites for hydroxylation is 1. The molecular weight excluding hydrogens is 168 g/mol. The molecule has 1 aromatic carbocycles. The molecule has 0 bridgehead atoms. The first kappa shape index (κ1) is 9.58. The van der Waals surface area contributed by atoms with Gasteiger partial charge in [0.1, 0.15) is 11.3 Å². The molecule has 3 heteroatoms. The van der Waals surface area contributed by atoms with E-state index in [0.717, 1.165) is 18.4 Å². The Kier molecular flexibility index (Phi) is 2.90. The maximum atomic E-state index is 10.5. The van der Waals surface area contributed by atoms with Crippen molar-refractivity contribution in [1.29, 1.82) is 0 Å². The number of carboxylic acid groups (broad SMARTS) is 1. The molecule has 3 nitrogen and oxygen atoms in total. The number of aromatic hydroxyl groups is 1. The van der Waals surface area contributed by atoms with Gasteiger partial charge in [0.15, 0.2) is 0 Å². The van der Waals surface area contributed by atoms with E-state index in [1.165, 1.54) is 12.1 Å². The van der Waals surface area contributed by atoms with Crippen LogP contribution in [0.15, 0.2) is 18.2 Å². The third-order valence-electron chi connectivity index (χ3n) is 1.83. The quantitative estimate of drug-likeness (QED) is 0.748. The maximum Gasteiger partial charge on any atom is 0.339 e. The average molecular weight is 180 g/mol. The van der Waals surface area contributed by atoms with Gasteiger partial charge in [0, 0.05) is 0 Å². The van der Waals surface area contributed by atoms with Crippen LogP contribution in [-0.2, 0) is 6.42 Å². The van der Waals surface area contributed by atoms with Crippen LogP contribution in [-0.4, -0.2) is 16.2 Å². The van der Waals surface area contributed by atoms with Crippen LogP contribution in [0.25, 0.3) is 0 Å². The Bertz CT molecular complexity index is 318. The van der Waals surface area contributed by atoms with E-state index >= 15 is 0 Å². The molecule has 1 aromatic rings. The highest BCUT2D eigenvalue weighted by atomic mass is 16.4. The zero-order valence-electron chi connectivity index (χ0n) is 7.45. The van der Waals surface area contributed by atoms with Crippen molar-refractivity contribution in [2.45, 2.75) is 19.8 Å². The summed E-state index contributed by atoms with van der Waals surface area (Å²) in [6.45, 7) is 2.03. The Balaban J connectivity index is 2.98. The van der Waals surface area contributed by atoms with Crippen molar-refractivity contribution in [2.24, 2.45) is 0 Å². The number of carboxylic acids is 1. The van der Waals surface area contributed by atoms with Gasteiger partial charge in [-0.05, 0) is 24.1 Å². The average Bonchev–Trinajstić information content (AvgIpc) is 2.04. The van der Waals surface area contributed by atoms with E-state index in [1.807, 2.05) is 6.92 Å². The van der Waals surface area contributed by atoms with Gasteiger partial charge in [-0.25, -0.2) is 4.79 Å². The minimum Gasteiger partial charge on any atom is -0.507 e. The van der Waals surface area contributed by atoms with Crippen LogP contribution >= 0.6 is 0 Å². The number of hydrogen-bond acceptors (Lipinski definition) is 2. The molecule has 1 rings (SSSR count). The molecular formula is C10H12O3. The minimum absolute atomic E-state index is 0.0418. The molecule has 0 amide bonds. The van der Waals surface area contributed by atoms with E-state index in [1.54, 1.807) is 6.07 Å².